The van der Waals surface area contributed by atoms with Crippen LogP contribution in [0.1, 0.15) is 61.1 Å². The molecule has 5 rings (SSSR count). The van der Waals surface area contributed by atoms with Crippen LogP contribution in [-0.4, -0.2) is 50.4 Å². The van der Waals surface area contributed by atoms with Crippen molar-refractivity contribution >= 4 is 139 Å². The van der Waals surface area contributed by atoms with Gasteiger partial charge in [0.2, 0.25) is 0 Å². The summed E-state index contributed by atoms with van der Waals surface area (Å²) in [7, 11) is -11.1. The average molecular weight is 1030 g/mol. The summed E-state index contributed by atoms with van der Waals surface area (Å²) in [6.07, 6.45) is 11.5. The summed E-state index contributed by atoms with van der Waals surface area (Å²) in [4.78, 5) is 5.16. The first kappa shape index (κ1) is 51.2. The van der Waals surface area contributed by atoms with E-state index in [1.54, 1.807) is 0 Å². The Hall–Kier alpha value is 0.261. The van der Waals surface area contributed by atoms with Gasteiger partial charge >= 0.3 is 17.1 Å². The van der Waals surface area contributed by atoms with Gasteiger partial charge < -0.3 is 16.5 Å². The van der Waals surface area contributed by atoms with Gasteiger partial charge in [-0.15, -0.1) is 45.3 Å². The van der Waals surface area contributed by atoms with E-state index in [-0.39, 0.29) is 0 Å². The van der Waals surface area contributed by atoms with Crippen molar-refractivity contribution in [3.05, 3.63) is 54.8 Å². The Morgan fingerprint density at radius 1 is 0.450 bits per heavy atom. The minimum Gasteiger partial charge on any atom is -0.437 e. The molecule has 60 heavy (non-hydrogen) atoms. The highest BCUT2D eigenvalue weighted by atomic mass is 35.5. The van der Waals surface area contributed by atoms with Crippen molar-refractivity contribution in [1.82, 2.24) is 0 Å². The van der Waals surface area contributed by atoms with E-state index in [2.05, 4.69) is 127 Å². The fourth-order valence-electron chi connectivity index (χ4n) is 8.54. The Labute approximate surface area is 395 Å². The van der Waals surface area contributed by atoms with Crippen molar-refractivity contribution in [3.63, 3.8) is 0 Å². The van der Waals surface area contributed by atoms with Crippen LogP contribution in [-0.2, 0) is 29.3 Å². The molecular weight excluding hydrogens is 960 g/mol. The highest BCUT2D eigenvalue weighted by Gasteiger charge is 2.41. The summed E-state index contributed by atoms with van der Waals surface area (Å²) >= 11 is 21.5. The molecule has 0 saturated heterocycles. The van der Waals surface area contributed by atoms with E-state index in [1.165, 1.54) is 89.3 Å². The Morgan fingerprint density at radius 2 is 0.767 bits per heavy atom. The normalized spacial score (nSPS) is 13.7. The first-order valence-corrected chi connectivity index (χ1v) is 44.8. The minimum atomic E-state index is -2.18. The van der Waals surface area contributed by atoms with Gasteiger partial charge in [0.15, 0.2) is 33.3 Å². The molecule has 4 aromatic heterocycles. The van der Waals surface area contributed by atoms with E-state index in [1.807, 2.05) is 45.3 Å². The van der Waals surface area contributed by atoms with Gasteiger partial charge in [0.1, 0.15) is 0 Å². The van der Waals surface area contributed by atoms with E-state index < -0.39 is 50.4 Å². The van der Waals surface area contributed by atoms with Gasteiger partial charge in [0.25, 0.3) is 0 Å². The third-order valence-corrected chi connectivity index (χ3v) is 34.4. The molecule has 0 aliphatic heterocycles. The molecule has 0 spiro atoms. The zero-order valence-electron chi connectivity index (χ0n) is 39.0. The second-order valence-electron chi connectivity index (χ2n) is 20.8. The van der Waals surface area contributed by atoms with Crippen LogP contribution in [0.15, 0.2) is 35.0 Å². The smallest absolute Gasteiger partial charge is 0.314 e. The van der Waals surface area contributed by atoms with Crippen molar-refractivity contribution in [2.45, 2.75) is 168 Å². The van der Waals surface area contributed by atoms with Crippen LogP contribution >= 0.6 is 68.5 Å². The first-order chi connectivity index (χ1) is 27.7. The summed E-state index contributed by atoms with van der Waals surface area (Å²) in [5.41, 5.74) is 2.67. The van der Waals surface area contributed by atoms with Crippen LogP contribution < -0.4 is 0 Å². The second-order valence-corrected chi connectivity index (χ2v) is 51.4. The summed E-state index contributed by atoms with van der Waals surface area (Å²) in [5, 5.41) is 8.96. The molecule has 0 aliphatic carbocycles. The van der Waals surface area contributed by atoms with E-state index in [4.69, 9.17) is 39.7 Å². The average Bonchev–Trinajstić information content (AvgIpc) is 3.87. The number of hydrogen-bond donors (Lipinski definition) is 0. The van der Waals surface area contributed by atoms with Gasteiger partial charge in [-0.3, -0.25) is 0 Å². The number of hydrogen-bond acceptors (Lipinski definition) is 8. The highest BCUT2D eigenvalue weighted by Crippen LogP contribution is 2.51. The summed E-state index contributed by atoms with van der Waals surface area (Å²) in [5.74, 6) is 0. The van der Waals surface area contributed by atoms with Crippen LogP contribution in [0.3, 0.4) is 0 Å². The monoisotopic (exact) mass is 1030 g/mol. The predicted octanol–water partition coefficient (Wildman–Crippen LogP) is 18.6. The Bertz CT molecular complexity index is 1940. The van der Waals surface area contributed by atoms with E-state index in [0.717, 1.165) is 47.8 Å². The summed E-state index contributed by atoms with van der Waals surface area (Å²) < 4.78 is 29.7. The Morgan fingerprint density at radius 3 is 1.08 bits per heavy atom. The number of fused-ring (bicyclic) bond motifs is 2. The van der Waals surface area contributed by atoms with Crippen molar-refractivity contribution in [3.8, 4) is 20.9 Å². The molecule has 0 saturated carbocycles. The van der Waals surface area contributed by atoms with Crippen LogP contribution in [0.25, 0.3) is 41.1 Å². The number of unbranched alkanes of at least 4 members (excludes halogenated alkanes) is 6. The summed E-state index contributed by atoms with van der Waals surface area (Å²) in [6, 6.07) is 11.2. The molecule has 0 atom stereocenters. The van der Waals surface area contributed by atoms with Gasteiger partial charge in [-0.1, -0.05) is 61.7 Å². The summed E-state index contributed by atoms with van der Waals surface area (Å²) in [6.45, 7) is 32.1. The van der Waals surface area contributed by atoms with Crippen molar-refractivity contribution in [2.75, 3.05) is 0 Å². The lowest BCUT2D eigenvalue weighted by Crippen LogP contribution is -2.52. The van der Waals surface area contributed by atoms with Crippen LogP contribution in [0.5, 0.6) is 0 Å². The molecule has 0 radical (unpaired) electrons. The topological polar surface area (TPSA) is 36.9 Å². The molecule has 16 heteroatoms. The maximum atomic E-state index is 7.03. The fourth-order valence-corrected chi connectivity index (χ4v) is 38.9. The second kappa shape index (κ2) is 20.8. The number of halogens is 2. The minimum absolute atomic E-state index is 0.907. The van der Waals surface area contributed by atoms with Gasteiger partial charge in [-0.05, 0) is 164 Å². The molecule has 5 aromatic rings. The molecule has 334 valence electrons. The van der Waals surface area contributed by atoms with Crippen molar-refractivity contribution < 1.29 is 16.5 Å². The molecule has 0 aliphatic rings. The van der Waals surface area contributed by atoms with Gasteiger partial charge in [0, 0.05) is 50.8 Å². The van der Waals surface area contributed by atoms with Crippen LogP contribution in [0.2, 0.25) is 114 Å². The molecule has 1 aromatic carbocycles. The maximum Gasteiger partial charge on any atom is 0.314 e. The quantitative estimate of drug-likeness (QED) is 0.0456. The molecule has 0 fully saturated rings. The lowest BCUT2D eigenvalue weighted by atomic mass is 10.0. The Kier molecular flexibility index (Phi) is 17.8. The molecule has 4 nitrogen and oxygen atoms in total. The zero-order chi connectivity index (χ0) is 44.3. The molecule has 0 unspecified atom stereocenters. The van der Waals surface area contributed by atoms with Gasteiger partial charge in [0.05, 0.1) is 10.0 Å². The molecule has 0 bridgehead atoms. The first-order valence-electron chi connectivity index (χ1n) is 22.0. The molecule has 0 amide bonds. The zero-order valence-corrected chi connectivity index (χ0v) is 49.7. The number of aryl methyl sites for hydroxylation is 2. The standard InChI is InChI=1S/C44H72Cl2O4S4Si6/c1-55(2,3)47-59(13,48-56(4,5)6)29-21-17-15-19-23-37-35(45)31-39(53-37)41-33-25-27-52-44(33)42(34-26-28-51-43(34)41)40-32-36(46)38(54-40)24-20-16-18-22-30-60(14,49-57(7,8)9)50-58(10,11)12/h25-28,31-32H,15-24,29-30H2,1-14H3. The maximum absolute atomic E-state index is 7.03. The molecular formula is C44H72Cl2O4S4Si6. The SMILES string of the molecule is C[Si](C)(C)O[Si](C)(CCCCCCc1sc(-c2c3ccsc3c(-c3cc(Cl)c(CCCCCC[Si](C)(O[Si](C)(C)C)O[Si](C)(C)C)s3)c3ccsc23)cc1Cl)O[Si](C)(C)C. The molecule has 4 heterocycles. The van der Waals surface area contributed by atoms with Crippen LogP contribution in [0.4, 0.5) is 0 Å². The lowest BCUT2D eigenvalue weighted by molar-refractivity contribution is 0.378. The van der Waals surface area contributed by atoms with Crippen LogP contribution in [0, 0.1) is 0 Å². The number of benzene rings is 1. The number of thiophene rings is 4. The third-order valence-electron chi connectivity index (χ3n) is 9.99. The molecule has 0 N–H and O–H groups in total. The van der Waals surface area contributed by atoms with E-state index in [9.17, 15) is 0 Å². The Balaban J connectivity index is 1.22. The predicted molar refractivity (Wildman–Crippen MR) is 289 cm³/mol. The highest BCUT2D eigenvalue weighted by molar-refractivity contribution is 7.22. The fraction of sp³-hybridized carbons (Fsp3) is 0.591. The van der Waals surface area contributed by atoms with Gasteiger partial charge in [-0.25, -0.2) is 0 Å². The van der Waals surface area contributed by atoms with Crippen molar-refractivity contribution in [1.29, 1.82) is 0 Å². The third kappa shape index (κ3) is 15.2. The van der Waals surface area contributed by atoms with Gasteiger partial charge in [-0.2, -0.15) is 0 Å². The van der Waals surface area contributed by atoms with E-state index >= 15 is 0 Å². The number of rotatable bonds is 24. The van der Waals surface area contributed by atoms with E-state index in [0.29, 0.717) is 0 Å². The largest absolute Gasteiger partial charge is 0.437 e. The van der Waals surface area contributed by atoms with Crippen molar-refractivity contribution in [2.24, 2.45) is 0 Å². The lowest BCUT2D eigenvalue weighted by Gasteiger charge is -2.38.